The molecule has 2 heterocycles. The van der Waals surface area contributed by atoms with Crippen LogP contribution in [0.1, 0.15) is 59.9 Å². The molecule has 0 spiro atoms. The summed E-state index contributed by atoms with van der Waals surface area (Å²) in [6, 6.07) is 8.51. The molecule has 1 aliphatic heterocycles. The Labute approximate surface area is 159 Å². The molecule has 1 fully saturated rings. The van der Waals surface area contributed by atoms with E-state index < -0.39 is 0 Å². The van der Waals surface area contributed by atoms with Crippen molar-refractivity contribution in [3.8, 4) is 0 Å². The molecule has 0 unspecified atom stereocenters. The Hall–Kier alpha value is -2.47. The van der Waals surface area contributed by atoms with Crippen LogP contribution in [-0.2, 0) is 13.0 Å². The number of carbonyl (C=O) groups is 1. The SMILES string of the molecule is CC(C)(CNC(=O)c1cnc(C2CC2)[nH]c1=O)N1CCc2ccccc2C1. The van der Waals surface area contributed by atoms with Crippen molar-refractivity contribution in [2.45, 2.75) is 51.1 Å². The van der Waals surface area contributed by atoms with Crippen LogP contribution in [0, 0.1) is 0 Å². The summed E-state index contributed by atoms with van der Waals surface area (Å²) in [5.74, 6) is 0.691. The number of H-pyrrole nitrogens is 1. The van der Waals surface area contributed by atoms with Crippen molar-refractivity contribution in [3.63, 3.8) is 0 Å². The highest BCUT2D eigenvalue weighted by molar-refractivity contribution is 5.93. The lowest BCUT2D eigenvalue weighted by atomic mass is 9.94. The zero-order valence-electron chi connectivity index (χ0n) is 15.9. The summed E-state index contributed by atoms with van der Waals surface area (Å²) < 4.78 is 0. The number of nitrogens with one attached hydrogen (secondary N) is 2. The van der Waals surface area contributed by atoms with Crippen LogP contribution in [0.25, 0.3) is 0 Å². The monoisotopic (exact) mass is 366 g/mol. The Morgan fingerprint density at radius 1 is 1.30 bits per heavy atom. The number of nitrogens with zero attached hydrogens (tertiary/aromatic N) is 2. The van der Waals surface area contributed by atoms with E-state index >= 15 is 0 Å². The van der Waals surface area contributed by atoms with Crippen molar-refractivity contribution in [3.05, 3.63) is 63.3 Å². The molecule has 142 valence electrons. The molecule has 0 bridgehead atoms. The number of rotatable bonds is 5. The minimum Gasteiger partial charge on any atom is -0.350 e. The van der Waals surface area contributed by atoms with Crippen LogP contribution in [-0.4, -0.2) is 39.4 Å². The van der Waals surface area contributed by atoms with E-state index in [9.17, 15) is 9.59 Å². The van der Waals surface area contributed by atoms with Gasteiger partial charge in [0.15, 0.2) is 0 Å². The molecule has 1 saturated carbocycles. The molecule has 0 saturated heterocycles. The lowest BCUT2D eigenvalue weighted by Crippen LogP contribution is -2.53. The molecule has 4 rings (SSSR count). The maximum Gasteiger partial charge on any atom is 0.263 e. The predicted molar refractivity (Wildman–Crippen MR) is 104 cm³/mol. The van der Waals surface area contributed by atoms with E-state index in [1.54, 1.807) is 0 Å². The average molecular weight is 366 g/mol. The quantitative estimate of drug-likeness (QED) is 0.850. The number of fused-ring (bicyclic) bond motifs is 1. The molecular weight excluding hydrogens is 340 g/mol. The molecule has 1 amide bonds. The summed E-state index contributed by atoms with van der Waals surface area (Å²) in [6.07, 6.45) is 4.54. The van der Waals surface area contributed by atoms with Crippen molar-refractivity contribution in [2.24, 2.45) is 0 Å². The average Bonchev–Trinajstić information content (AvgIpc) is 3.51. The van der Waals surface area contributed by atoms with Gasteiger partial charge in [0, 0.05) is 37.3 Å². The molecular formula is C21H26N4O2. The van der Waals surface area contributed by atoms with Gasteiger partial charge in [-0.25, -0.2) is 4.98 Å². The van der Waals surface area contributed by atoms with Crippen molar-refractivity contribution >= 4 is 5.91 Å². The summed E-state index contributed by atoms with van der Waals surface area (Å²) in [4.78, 5) is 34.1. The van der Waals surface area contributed by atoms with Gasteiger partial charge in [-0.1, -0.05) is 24.3 Å². The molecule has 1 aliphatic carbocycles. The van der Waals surface area contributed by atoms with E-state index in [4.69, 9.17) is 0 Å². The Balaban J connectivity index is 1.40. The van der Waals surface area contributed by atoms with Gasteiger partial charge in [0.1, 0.15) is 11.4 Å². The summed E-state index contributed by atoms with van der Waals surface area (Å²) in [5.41, 5.74) is 2.27. The topological polar surface area (TPSA) is 78.1 Å². The van der Waals surface area contributed by atoms with E-state index in [-0.39, 0.29) is 22.6 Å². The number of hydrogen-bond donors (Lipinski definition) is 2. The van der Waals surface area contributed by atoms with Crippen LogP contribution in [0.3, 0.4) is 0 Å². The highest BCUT2D eigenvalue weighted by Crippen LogP contribution is 2.37. The molecule has 0 atom stereocenters. The van der Waals surface area contributed by atoms with Gasteiger partial charge in [-0.3, -0.25) is 14.5 Å². The Bertz CT molecular complexity index is 914. The van der Waals surface area contributed by atoms with Crippen LogP contribution in [0.4, 0.5) is 0 Å². The largest absolute Gasteiger partial charge is 0.350 e. The van der Waals surface area contributed by atoms with Gasteiger partial charge in [-0.2, -0.15) is 0 Å². The smallest absolute Gasteiger partial charge is 0.263 e. The number of carbonyl (C=O) groups excluding carboxylic acids is 1. The van der Waals surface area contributed by atoms with Gasteiger partial charge in [-0.05, 0) is 44.2 Å². The number of hydrogen-bond acceptors (Lipinski definition) is 4. The predicted octanol–water partition coefficient (Wildman–Crippen LogP) is 2.21. The number of benzene rings is 1. The fourth-order valence-electron chi connectivity index (χ4n) is 3.65. The standard InChI is InChI=1S/C21H26N4O2/c1-21(2,25-10-9-14-5-3-4-6-16(14)12-25)13-23-19(26)17-11-22-18(15-7-8-15)24-20(17)27/h3-6,11,15H,7-10,12-13H2,1-2H3,(H,23,26)(H,22,24,27). The number of aromatic amines is 1. The van der Waals surface area contributed by atoms with Crippen LogP contribution in [0.2, 0.25) is 0 Å². The molecule has 6 heteroatoms. The summed E-state index contributed by atoms with van der Waals surface area (Å²) in [5, 5.41) is 2.93. The van der Waals surface area contributed by atoms with Gasteiger partial charge in [0.2, 0.25) is 0 Å². The molecule has 2 aromatic rings. The van der Waals surface area contributed by atoms with E-state index in [2.05, 4.69) is 58.3 Å². The second-order valence-corrected chi connectivity index (χ2v) is 8.22. The zero-order valence-corrected chi connectivity index (χ0v) is 15.9. The molecule has 1 aromatic heterocycles. The maximum absolute atomic E-state index is 12.5. The number of amides is 1. The first-order valence-corrected chi connectivity index (χ1v) is 9.63. The first kappa shape index (κ1) is 17.9. The minimum atomic E-state index is -0.364. The second-order valence-electron chi connectivity index (χ2n) is 8.22. The molecule has 2 aliphatic rings. The van der Waals surface area contributed by atoms with Gasteiger partial charge in [0.25, 0.3) is 11.5 Å². The van der Waals surface area contributed by atoms with Gasteiger partial charge in [-0.15, -0.1) is 0 Å². The second kappa shape index (κ2) is 6.93. The van der Waals surface area contributed by atoms with Crippen LogP contribution >= 0.6 is 0 Å². The highest BCUT2D eigenvalue weighted by Gasteiger charge is 2.31. The van der Waals surface area contributed by atoms with E-state index in [1.165, 1.54) is 17.3 Å². The van der Waals surface area contributed by atoms with E-state index in [1.807, 2.05) is 0 Å². The lowest BCUT2D eigenvalue weighted by Gasteiger charge is -2.41. The third-order valence-corrected chi connectivity index (χ3v) is 5.70. The summed E-state index contributed by atoms with van der Waals surface area (Å²) >= 11 is 0. The Morgan fingerprint density at radius 2 is 2.04 bits per heavy atom. The Kier molecular flexibility index (Phi) is 4.60. The van der Waals surface area contributed by atoms with Crippen molar-refractivity contribution in [1.82, 2.24) is 20.2 Å². The van der Waals surface area contributed by atoms with Gasteiger partial charge < -0.3 is 10.3 Å². The van der Waals surface area contributed by atoms with Crippen molar-refractivity contribution in [1.29, 1.82) is 0 Å². The molecule has 6 nitrogen and oxygen atoms in total. The maximum atomic E-state index is 12.5. The molecule has 27 heavy (non-hydrogen) atoms. The summed E-state index contributed by atoms with van der Waals surface area (Å²) in [7, 11) is 0. The Morgan fingerprint density at radius 3 is 2.74 bits per heavy atom. The van der Waals surface area contributed by atoms with Crippen molar-refractivity contribution < 1.29 is 4.79 Å². The van der Waals surface area contributed by atoms with E-state index in [0.29, 0.717) is 18.3 Å². The van der Waals surface area contributed by atoms with Crippen LogP contribution in [0.5, 0.6) is 0 Å². The van der Waals surface area contributed by atoms with Crippen LogP contribution < -0.4 is 10.9 Å². The first-order valence-electron chi connectivity index (χ1n) is 9.63. The fourth-order valence-corrected chi connectivity index (χ4v) is 3.65. The molecule has 0 radical (unpaired) electrons. The van der Waals surface area contributed by atoms with Gasteiger partial charge in [0.05, 0.1) is 0 Å². The normalized spacial score (nSPS) is 17.4. The highest BCUT2D eigenvalue weighted by atomic mass is 16.2. The number of aromatic nitrogens is 2. The molecule has 1 aromatic carbocycles. The third kappa shape index (κ3) is 3.81. The third-order valence-electron chi connectivity index (χ3n) is 5.70. The lowest BCUT2D eigenvalue weighted by molar-refractivity contribution is 0.0824. The van der Waals surface area contributed by atoms with Crippen LogP contribution in [0.15, 0.2) is 35.3 Å². The molecule has 2 N–H and O–H groups in total. The first-order chi connectivity index (χ1) is 12.9. The fraction of sp³-hybridized carbons (Fsp3) is 0.476. The zero-order chi connectivity index (χ0) is 19.0. The van der Waals surface area contributed by atoms with E-state index in [0.717, 1.165) is 32.4 Å². The van der Waals surface area contributed by atoms with Crippen molar-refractivity contribution in [2.75, 3.05) is 13.1 Å². The minimum absolute atomic E-state index is 0.0826. The summed E-state index contributed by atoms with van der Waals surface area (Å²) in [6.45, 7) is 6.55. The van der Waals surface area contributed by atoms with Gasteiger partial charge >= 0.3 is 0 Å².